The lowest BCUT2D eigenvalue weighted by Crippen LogP contribution is -2.30. The van der Waals surface area contributed by atoms with E-state index in [-0.39, 0.29) is 6.04 Å². The first kappa shape index (κ1) is 15.8. The molecule has 0 spiro atoms. The quantitative estimate of drug-likeness (QED) is 0.446. The van der Waals surface area contributed by atoms with E-state index in [0.717, 1.165) is 25.8 Å². The van der Waals surface area contributed by atoms with Gasteiger partial charge in [0.15, 0.2) is 0 Å². The Bertz CT molecular complexity index is 154. The summed E-state index contributed by atoms with van der Waals surface area (Å²) >= 11 is 0. The predicted molar refractivity (Wildman–Crippen MR) is 66.5 cm³/mol. The van der Waals surface area contributed by atoms with Gasteiger partial charge in [-0.3, -0.25) is 4.84 Å². The van der Waals surface area contributed by atoms with Gasteiger partial charge in [-0.15, -0.1) is 0 Å². The fraction of sp³-hybridized carbons (Fsp3) is 0.917. The van der Waals surface area contributed by atoms with Crippen molar-refractivity contribution in [2.24, 2.45) is 5.92 Å². The van der Waals surface area contributed by atoms with Crippen LogP contribution in [0.2, 0.25) is 0 Å². The molecule has 0 heterocycles. The lowest BCUT2D eigenvalue weighted by molar-refractivity contribution is -0.0501. The molecule has 0 aliphatic rings. The Morgan fingerprint density at radius 2 is 2.00 bits per heavy atom. The summed E-state index contributed by atoms with van der Waals surface area (Å²) in [5.41, 5.74) is 5.81. The normalized spacial score (nSPS) is 15.4. The topological polar surface area (TPSA) is 42.5 Å². The molecule has 1 radical (unpaired) electrons. The minimum absolute atomic E-state index is 0.138. The molecule has 16 heavy (non-hydrogen) atoms. The van der Waals surface area contributed by atoms with Gasteiger partial charge >= 0.3 is 0 Å². The largest absolute Gasteiger partial charge is 0.305 e. The number of rotatable bonds is 10. The summed E-state index contributed by atoms with van der Waals surface area (Å²) < 4.78 is 0. The summed E-state index contributed by atoms with van der Waals surface area (Å²) in [4.78, 5) is 10.4. The van der Waals surface area contributed by atoms with E-state index in [1.54, 1.807) is 7.11 Å². The summed E-state index contributed by atoms with van der Waals surface area (Å²) in [5.74, 6) is 0.549. The molecular weight excluding hydrogens is 204 g/mol. The minimum Gasteiger partial charge on any atom is -0.305 e. The van der Waals surface area contributed by atoms with Crippen LogP contribution < -0.4 is 11.0 Å². The second-order valence-electron chi connectivity index (χ2n) is 4.36. The number of nitrogens with one attached hydrogen (secondary N) is 2. The van der Waals surface area contributed by atoms with Gasteiger partial charge in [-0.2, -0.15) is 5.48 Å². The predicted octanol–water partition coefficient (Wildman–Crippen LogP) is 2.08. The molecule has 0 saturated carbocycles. The van der Waals surface area contributed by atoms with Crippen molar-refractivity contribution < 1.29 is 9.68 Å². The smallest absolute Gasteiger partial charge is 0.0810 e. The molecule has 0 aromatic rings. The Morgan fingerprint density at radius 3 is 2.50 bits per heavy atom. The van der Waals surface area contributed by atoms with E-state index in [4.69, 9.17) is 9.68 Å². The molecule has 0 aromatic carbocycles. The fourth-order valence-electron chi connectivity index (χ4n) is 1.50. The van der Waals surface area contributed by atoms with Gasteiger partial charge in [-0.1, -0.05) is 20.8 Å². The number of hydroxylamine groups is 2. The molecule has 0 saturated heterocycles. The molecule has 0 rings (SSSR count). The fourth-order valence-corrected chi connectivity index (χ4v) is 1.50. The molecular formula is C12H27N2O2. The first-order valence-corrected chi connectivity index (χ1v) is 6.11. The highest BCUT2D eigenvalue weighted by atomic mass is 16.7. The van der Waals surface area contributed by atoms with Crippen LogP contribution in [0.15, 0.2) is 0 Å². The zero-order valence-electron chi connectivity index (χ0n) is 11.1. The summed E-state index contributed by atoms with van der Waals surface area (Å²) in [5, 5.41) is 0. The monoisotopic (exact) mass is 231 g/mol. The second kappa shape index (κ2) is 10.0. The number of hydrogen-bond acceptors (Lipinski definition) is 4. The van der Waals surface area contributed by atoms with E-state index in [1.165, 1.54) is 0 Å². The molecule has 2 unspecified atom stereocenters. The van der Waals surface area contributed by atoms with E-state index in [0.29, 0.717) is 12.0 Å². The van der Waals surface area contributed by atoms with Crippen LogP contribution in [0.3, 0.4) is 0 Å². The summed E-state index contributed by atoms with van der Waals surface area (Å²) in [6, 6.07) is 0.138. The number of hydrogen-bond donors (Lipinski definition) is 2. The zero-order chi connectivity index (χ0) is 12.4. The molecule has 0 bridgehead atoms. The van der Waals surface area contributed by atoms with Crippen LogP contribution in [0.5, 0.6) is 0 Å². The first-order valence-electron chi connectivity index (χ1n) is 6.11. The Hall–Kier alpha value is -0.160. The van der Waals surface area contributed by atoms with Crippen LogP contribution in [0.1, 0.15) is 40.0 Å². The van der Waals surface area contributed by atoms with Crippen LogP contribution >= 0.6 is 0 Å². The third kappa shape index (κ3) is 8.05. The maximum Gasteiger partial charge on any atom is 0.0810 e. The van der Waals surface area contributed by atoms with Crippen molar-refractivity contribution in [2.75, 3.05) is 13.7 Å². The van der Waals surface area contributed by atoms with Gasteiger partial charge in [0.2, 0.25) is 0 Å². The molecule has 0 aliphatic heterocycles. The molecule has 4 heteroatoms. The minimum atomic E-state index is 0.138. The van der Waals surface area contributed by atoms with Gasteiger partial charge in [0.25, 0.3) is 0 Å². The summed E-state index contributed by atoms with van der Waals surface area (Å²) in [6.45, 7) is 11.2. The van der Waals surface area contributed by atoms with Crippen LogP contribution in [-0.4, -0.2) is 25.8 Å². The Morgan fingerprint density at radius 1 is 1.31 bits per heavy atom. The molecule has 2 atom stereocenters. The van der Waals surface area contributed by atoms with Crippen molar-refractivity contribution in [3.05, 3.63) is 6.92 Å². The first-order chi connectivity index (χ1) is 7.61. The van der Waals surface area contributed by atoms with Crippen LogP contribution in [0, 0.1) is 12.8 Å². The van der Waals surface area contributed by atoms with Gasteiger partial charge in [-0.25, -0.2) is 5.48 Å². The van der Waals surface area contributed by atoms with Crippen molar-refractivity contribution in [1.82, 2.24) is 11.0 Å². The van der Waals surface area contributed by atoms with E-state index in [2.05, 4.69) is 38.7 Å². The molecule has 0 amide bonds. The average Bonchev–Trinajstić information content (AvgIpc) is 2.23. The molecule has 97 valence electrons. The highest BCUT2D eigenvalue weighted by molar-refractivity contribution is 4.64. The standard InChI is InChI=1S/C12H27N2O2/c1-6-12(10(2)3)16-13-9-7-8-11(4)14-15-5/h10-14H,4,6-9H2,1-3,5H3. The van der Waals surface area contributed by atoms with E-state index >= 15 is 0 Å². The molecule has 2 N–H and O–H groups in total. The zero-order valence-corrected chi connectivity index (χ0v) is 11.1. The van der Waals surface area contributed by atoms with Crippen molar-refractivity contribution in [2.45, 2.75) is 52.2 Å². The maximum atomic E-state index is 5.57. The second-order valence-corrected chi connectivity index (χ2v) is 4.36. The highest BCUT2D eigenvalue weighted by Crippen LogP contribution is 2.08. The molecule has 0 aromatic heterocycles. The van der Waals surface area contributed by atoms with Crippen molar-refractivity contribution in [3.8, 4) is 0 Å². The highest BCUT2D eigenvalue weighted by Gasteiger charge is 2.10. The Labute approximate surface area is 100.0 Å². The van der Waals surface area contributed by atoms with Gasteiger partial charge in [0.1, 0.15) is 0 Å². The third-order valence-electron chi connectivity index (χ3n) is 2.50. The van der Waals surface area contributed by atoms with Gasteiger partial charge in [0.05, 0.1) is 13.2 Å². The van der Waals surface area contributed by atoms with Crippen LogP contribution in [0.4, 0.5) is 0 Å². The Balaban J connectivity index is 3.38. The van der Waals surface area contributed by atoms with Crippen molar-refractivity contribution >= 4 is 0 Å². The van der Waals surface area contributed by atoms with Gasteiger partial charge in [-0.05, 0) is 32.1 Å². The lowest BCUT2D eigenvalue weighted by Gasteiger charge is -2.20. The molecule has 0 fully saturated rings. The third-order valence-corrected chi connectivity index (χ3v) is 2.50. The van der Waals surface area contributed by atoms with E-state index < -0.39 is 0 Å². The molecule has 0 aliphatic carbocycles. The van der Waals surface area contributed by atoms with Crippen molar-refractivity contribution in [3.63, 3.8) is 0 Å². The van der Waals surface area contributed by atoms with Gasteiger partial charge < -0.3 is 4.84 Å². The summed E-state index contributed by atoms with van der Waals surface area (Å²) in [6.07, 6.45) is 3.31. The van der Waals surface area contributed by atoms with Crippen molar-refractivity contribution in [1.29, 1.82) is 0 Å². The van der Waals surface area contributed by atoms with E-state index in [1.807, 2.05) is 0 Å². The lowest BCUT2D eigenvalue weighted by atomic mass is 10.1. The SMILES string of the molecule is [CH2]C(CCCNOC(CC)C(C)C)NOC. The molecule has 4 nitrogen and oxygen atoms in total. The van der Waals surface area contributed by atoms with Crippen LogP contribution in [0.25, 0.3) is 0 Å². The Kier molecular flexibility index (Phi) is 9.92. The van der Waals surface area contributed by atoms with Crippen LogP contribution in [-0.2, 0) is 9.68 Å². The maximum absolute atomic E-state index is 5.57. The van der Waals surface area contributed by atoms with E-state index in [9.17, 15) is 0 Å². The average molecular weight is 231 g/mol. The van der Waals surface area contributed by atoms with Gasteiger partial charge in [0, 0.05) is 12.6 Å². The summed E-state index contributed by atoms with van der Waals surface area (Å²) in [7, 11) is 1.61.